The monoisotopic (exact) mass is 238 g/mol. The molecule has 0 radical (unpaired) electrons. The van der Waals surface area contributed by atoms with Gasteiger partial charge in [-0.2, -0.15) is 0 Å². The molecule has 4 nitrogen and oxygen atoms in total. The number of fused-ring (bicyclic) bond motifs is 1. The standard InChI is InChI=1S/C9H7O4.ClH.Mg/c1-11-9(10)6-2-3-7-8(4-6)13-5-12-7;;/h3-4H,5H2,1H3;1H;/q-1;;+2/p-1. The molecule has 1 aliphatic heterocycles. The number of esters is 1. The Balaban J connectivity index is 0.000000980. The number of rotatable bonds is 1. The number of benzene rings is 1. The van der Waals surface area contributed by atoms with E-state index < -0.39 is 5.97 Å². The van der Waals surface area contributed by atoms with Crippen LogP contribution in [-0.2, 0) is 4.74 Å². The van der Waals surface area contributed by atoms with Crippen molar-refractivity contribution in [2.24, 2.45) is 0 Å². The summed E-state index contributed by atoms with van der Waals surface area (Å²) in [5, 5.41) is 0. The van der Waals surface area contributed by atoms with E-state index in [2.05, 4.69) is 10.8 Å². The molecule has 0 bridgehead atoms. The fourth-order valence-corrected chi connectivity index (χ4v) is 1.07. The second-order valence-corrected chi connectivity index (χ2v) is 2.47. The van der Waals surface area contributed by atoms with Crippen LogP contribution in [0.4, 0.5) is 0 Å². The fraction of sp³-hybridized carbons (Fsp3) is 0.222. The SMILES string of the molecule is COC(=O)c1[c-]cc2c(c1)OCO2.[Cl-].[Mg+2]. The van der Waals surface area contributed by atoms with E-state index in [1.54, 1.807) is 12.1 Å². The number of carbonyl (C=O) groups is 1. The van der Waals surface area contributed by atoms with Crippen molar-refractivity contribution in [1.29, 1.82) is 0 Å². The van der Waals surface area contributed by atoms with Crippen LogP contribution in [0, 0.1) is 6.07 Å². The summed E-state index contributed by atoms with van der Waals surface area (Å²) in [4.78, 5) is 11.1. The number of halogens is 1. The summed E-state index contributed by atoms with van der Waals surface area (Å²) < 4.78 is 14.7. The predicted octanol–water partition coefficient (Wildman–Crippen LogP) is -2.37. The Hall–Kier alpha value is -0.654. The molecule has 0 N–H and O–H groups in total. The maximum atomic E-state index is 11.1. The molecule has 1 aromatic carbocycles. The number of ether oxygens (including phenoxy) is 3. The molecule has 0 spiro atoms. The Labute approximate surface area is 109 Å². The molecule has 0 saturated heterocycles. The molecule has 1 aromatic rings. The molecule has 0 atom stereocenters. The van der Waals surface area contributed by atoms with E-state index in [4.69, 9.17) is 9.47 Å². The van der Waals surface area contributed by atoms with Gasteiger partial charge in [-0.05, 0) is 0 Å². The maximum absolute atomic E-state index is 11.1. The Morgan fingerprint density at radius 3 is 2.80 bits per heavy atom. The molecule has 0 saturated carbocycles. The van der Waals surface area contributed by atoms with Crippen molar-refractivity contribution >= 4 is 29.0 Å². The zero-order chi connectivity index (χ0) is 9.26. The van der Waals surface area contributed by atoms with Crippen LogP contribution >= 0.6 is 0 Å². The predicted molar refractivity (Wildman–Crippen MR) is 48.5 cm³/mol. The van der Waals surface area contributed by atoms with E-state index in [9.17, 15) is 4.79 Å². The summed E-state index contributed by atoms with van der Waals surface area (Å²) in [7, 11) is 1.32. The molecule has 0 amide bonds. The zero-order valence-corrected chi connectivity index (χ0v) is 10.3. The molecule has 0 aromatic heterocycles. The van der Waals surface area contributed by atoms with E-state index in [-0.39, 0.29) is 42.3 Å². The first-order valence-corrected chi connectivity index (χ1v) is 3.71. The smallest absolute Gasteiger partial charge is 1.00 e. The third-order valence-corrected chi connectivity index (χ3v) is 1.71. The minimum Gasteiger partial charge on any atom is -1.00 e. The Bertz CT molecular complexity index is 356. The number of methoxy groups -OCH3 is 1. The van der Waals surface area contributed by atoms with Gasteiger partial charge in [0.05, 0.1) is 18.6 Å². The van der Waals surface area contributed by atoms with Gasteiger partial charge >= 0.3 is 23.1 Å². The summed E-state index contributed by atoms with van der Waals surface area (Å²) in [6, 6.07) is 5.85. The Morgan fingerprint density at radius 2 is 2.13 bits per heavy atom. The van der Waals surface area contributed by atoms with Gasteiger partial charge in [0.25, 0.3) is 0 Å². The first kappa shape index (κ1) is 14.3. The van der Waals surface area contributed by atoms with Gasteiger partial charge in [-0.3, -0.25) is 0 Å². The molecule has 1 heterocycles. The number of hydrogen-bond acceptors (Lipinski definition) is 4. The topological polar surface area (TPSA) is 44.8 Å². The van der Waals surface area contributed by atoms with E-state index in [0.29, 0.717) is 17.1 Å². The van der Waals surface area contributed by atoms with Crippen LogP contribution in [0.1, 0.15) is 10.4 Å². The van der Waals surface area contributed by atoms with E-state index in [0.717, 1.165) is 0 Å². The first-order valence-electron chi connectivity index (χ1n) is 3.71. The molecule has 2 rings (SSSR count). The molecule has 15 heavy (non-hydrogen) atoms. The summed E-state index contributed by atoms with van der Waals surface area (Å²) in [5.74, 6) is 0.727. The quantitative estimate of drug-likeness (QED) is 0.312. The Morgan fingerprint density at radius 1 is 1.47 bits per heavy atom. The van der Waals surface area contributed by atoms with Crippen LogP contribution < -0.4 is 21.9 Å². The normalized spacial score (nSPS) is 11.0. The Kier molecular flexibility index (Phi) is 5.78. The first-order chi connectivity index (χ1) is 6.31. The van der Waals surface area contributed by atoms with Gasteiger partial charge in [0, 0.05) is 0 Å². The van der Waals surface area contributed by atoms with Crippen LogP contribution in [0.2, 0.25) is 0 Å². The van der Waals surface area contributed by atoms with Crippen LogP contribution in [0.3, 0.4) is 0 Å². The van der Waals surface area contributed by atoms with Crippen molar-refractivity contribution in [2.45, 2.75) is 0 Å². The van der Waals surface area contributed by atoms with Gasteiger partial charge in [0.1, 0.15) is 0 Å². The van der Waals surface area contributed by atoms with E-state index in [1.165, 1.54) is 7.11 Å². The van der Waals surface area contributed by atoms with Crippen molar-refractivity contribution in [3.63, 3.8) is 0 Å². The van der Waals surface area contributed by atoms with Gasteiger partial charge in [-0.15, -0.1) is 12.1 Å². The molecular formula is C9H7ClMgO4. The summed E-state index contributed by atoms with van der Waals surface area (Å²) >= 11 is 0. The maximum Gasteiger partial charge on any atom is 2.00 e. The van der Waals surface area contributed by atoms with E-state index >= 15 is 0 Å². The number of hydrogen-bond donors (Lipinski definition) is 0. The molecule has 76 valence electrons. The van der Waals surface area contributed by atoms with Crippen molar-refractivity contribution < 1.29 is 31.4 Å². The average Bonchev–Trinajstić information content (AvgIpc) is 2.63. The van der Waals surface area contributed by atoms with Crippen LogP contribution in [-0.4, -0.2) is 42.9 Å². The van der Waals surface area contributed by atoms with Gasteiger partial charge in [0.2, 0.25) is 12.8 Å². The molecule has 0 unspecified atom stereocenters. The van der Waals surface area contributed by atoms with Gasteiger partial charge in [-0.25, -0.2) is 0 Å². The molecule has 1 aliphatic rings. The third kappa shape index (κ3) is 2.90. The summed E-state index contributed by atoms with van der Waals surface area (Å²) in [6.07, 6.45) is 0. The van der Waals surface area contributed by atoms with Gasteiger partial charge in [-0.1, -0.05) is 11.6 Å². The number of carbonyl (C=O) groups excluding carboxylic acids is 1. The van der Waals surface area contributed by atoms with Crippen molar-refractivity contribution in [3.8, 4) is 11.5 Å². The molecule has 0 aliphatic carbocycles. The average molecular weight is 239 g/mol. The van der Waals surface area contributed by atoms with Crippen LogP contribution in [0.5, 0.6) is 11.5 Å². The molecule has 6 heteroatoms. The van der Waals surface area contributed by atoms with Gasteiger partial charge < -0.3 is 31.4 Å². The van der Waals surface area contributed by atoms with E-state index in [1.807, 2.05) is 0 Å². The van der Waals surface area contributed by atoms with Crippen molar-refractivity contribution in [1.82, 2.24) is 0 Å². The van der Waals surface area contributed by atoms with Crippen molar-refractivity contribution in [2.75, 3.05) is 13.9 Å². The third-order valence-electron chi connectivity index (χ3n) is 1.71. The fourth-order valence-electron chi connectivity index (χ4n) is 1.07. The zero-order valence-electron chi connectivity index (χ0n) is 8.08. The van der Waals surface area contributed by atoms with Crippen LogP contribution in [0.25, 0.3) is 0 Å². The van der Waals surface area contributed by atoms with Crippen LogP contribution in [0.15, 0.2) is 12.1 Å². The van der Waals surface area contributed by atoms with Gasteiger partial charge in [0.15, 0.2) is 0 Å². The van der Waals surface area contributed by atoms with Crippen molar-refractivity contribution in [3.05, 3.63) is 23.8 Å². The minimum atomic E-state index is -0.432. The minimum absolute atomic E-state index is 0. The largest absolute Gasteiger partial charge is 2.00 e. The molecule has 0 fully saturated rings. The molecular weight excluding hydrogens is 232 g/mol. The summed E-state index contributed by atoms with van der Waals surface area (Å²) in [6.45, 7) is 0.188. The second kappa shape index (κ2) is 6.04. The second-order valence-electron chi connectivity index (χ2n) is 2.47. The summed E-state index contributed by atoms with van der Waals surface area (Å²) in [5.41, 5.74) is 0.340.